The van der Waals surface area contributed by atoms with Crippen LogP contribution in [0.15, 0.2) is 65.3 Å². The Morgan fingerprint density at radius 3 is 2.42 bits per heavy atom. The summed E-state index contributed by atoms with van der Waals surface area (Å²) in [7, 11) is 0. The second kappa shape index (κ2) is 8.60. The minimum atomic E-state index is -0.210. The van der Waals surface area contributed by atoms with Crippen molar-refractivity contribution < 1.29 is 14.5 Å². The Morgan fingerprint density at radius 1 is 1.00 bits per heavy atom. The van der Waals surface area contributed by atoms with Crippen molar-refractivity contribution in [2.45, 2.75) is 6.04 Å². The molecule has 0 saturated carbocycles. The molecule has 0 aliphatic carbocycles. The molecule has 0 aliphatic rings. The van der Waals surface area contributed by atoms with E-state index in [1.54, 1.807) is 6.26 Å². The first-order valence-corrected chi connectivity index (χ1v) is 9.04. The van der Waals surface area contributed by atoms with Gasteiger partial charge in [0, 0.05) is 5.56 Å². The summed E-state index contributed by atoms with van der Waals surface area (Å²) in [6.07, 6.45) is 1.62. The molecule has 3 N–H and O–H groups in total. The third-order valence-corrected chi connectivity index (χ3v) is 4.87. The van der Waals surface area contributed by atoms with E-state index in [0.717, 1.165) is 11.3 Å². The van der Waals surface area contributed by atoms with Crippen LogP contribution < -0.4 is 10.6 Å². The molecule has 0 radical (unpaired) electrons. The molecule has 7 heteroatoms. The fraction of sp³-hybridized carbons (Fsp3) is 0.105. The normalized spacial score (nSPS) is 12.0. The average Bonchev–Trinajstić information content (AvgIpc) is 3.15. The molecule has 0 fully saturated rings. The number of furan rings is 1. The van der Waals surface area contributed by atoms with Gasteiger partial charge in [-0.15, -0.1) is 0 Å². The van der Waals surface area contributed by atoms with Gasteiger partial charge in [-0.25, -0.2) is 0 Å². The van der Waals surface area contributed by atoms with Crippen LogP contribution >= 0.6 is 34.8 Å². The van der Waals surface area contributed by atoms with Crippen molar-refractivity contribution in [3.63, 3.8) is 0 Å². The highest BCUT2D eigenvalue weighted by atomic mass is 35.5. The number of carbonyl (C=O) groups excluding carboxylic acids is 1. The van der Waals surface area contributed by atoms with Gasteiger partial charge in [-0.3, -0.25) is 4.79 Å². The molecule has 1 atom stereocenters. The summed E-state index contributed by atoms with van der Waals surface area (Å²) in [4.78, 5) is 12.4. The number of nitrogens with two attached hydrogens (primary N) is 1. The van der Waals surface area contributed by atoms with Crippen molar-refractivity contribution in [2.24, 2.45) is 0 Å². The summed E-state index contributed by atoms with van der Waals surface area (Å²) in [6.45, 7) is 0.177. The van der Waals surface area contributed by atoms with E-state index in [-0.39, 0.29) is 18.5 Å². The molecular weight excluding hydrogens is 395 g/mol. The highest BCUT2D eigenvalue weighted by Crippen LogP contribution is 2.32. The highest BCUT2D eigenvalue weighted by molar-refractivity contribution is 6.44. The quantitative estimate of drug-likeness (QED) is 0.587. The zero-order valence-electron chi connectivity index (χ0n) is 13.6. The fourth-order valence-electron chi connectivity index (χ4n) is 2.59. The highest BCUT2D eigenvalue weighted by Gasteiger charge is 2.21. The Morgan fingerprint density at radius 2 is 1.73 bits per heavy atom. The summed E-state index contributed by atoms with van der Waals surface area (Å²) >= 11 is 18.0. The molecule has 1 heterocycles. The van der Waals surface area contributed by atoms with Gasteiger partial charge >= 0.3 is 0 Å². The van der Waals surface area contributed by atoms with Crippen molar-refractivity contribution in [1.29, 1.82) is 0 Å². The van der Waals surface area contributed by atoms with E-state index in [1.807, 2.05) is 47.8 Å². The van der Waals surface area contributed by atoms with Crippen LogP contribution in [0.1, 0.15) is 17.4 Å². The van der Waals surface area contributed by atoms with Crippen molar-refractivity contribution in [3.8, 4) is 0 Å². The lowest BCUT2D eigenvalue weighted by Crippen LogP contribution is -2.87. The van der Waals surface area contributed by atoms with Gasteiger partial charge < -0.3 is 15.1 Å². The van der Waals surface area contributed by atoms with E-state index in [4.69, 9.17) is 39.2 Å². The molecule has 0 aliphatic heterocycles. The number of halogens is 3. The van der Waals surface area contributed by atoms with Crippen LogP contribution in [0.4, 0.5) is 5.69 Å². The van der Waals surface area contributed by atoms with Crippen LogP contribution in [0.5, 0.6) is 0 Å². The lowest BCUT2D eigenvalue weighted by molar-refractivity contribution is -0.678. The van der Waals surface area contributed by atoms with Crippen molar-refractivity contribution in [2.75, 3.05) is 11.9 Å². The van der Waals surface area contributed by atoms with E-state index in [0.29, 0.717) is 20.8 Å². The second-order valence-corrected chi connectivity index (χ2v) is 6.86. The fourth-order valence-corrected chi connectivity index (χ4v) is 3.18. The molecule has 3 rings (SSSR count). The number of rotatable bonds is 6. The maximum atomic E-state index is 12.4. The summed E-state index contributed by atoms with van der Waals surface area (Å²) < 4.78 is 5.53. The number of anilines is 1. The summed E-state index contributed by atoms with van der Waals surface area (Å²) in [5.74, 6) is 0.564. The standard InChI is InChI=1S/C19H15Cl3N2O2/c20-13-9-15(22)16(10-14(13)21)24-18(25)11-23-19(17-7-4-8-26-17)12-5-2-1-3-6-12/h1-10,19,23H,11H2,(H,24,25)/p+1/t19-/m1/s1. The molecular formula is C19H16Cl3N2O2+. The van der Waals surface area contributed by atoms with Gasteiger partial charge in [0.15, 0.2) is 18.3 Å². The topological polar surface area (TPSA) is 58.9 Å². The Kier molecular flexibility index (Phi) is 6.22. The van der Waals surface area contributed by atoms with Crippen molar-refractivity contribution >= 4 is 46.4 Å². The number of amides is 1. The minimum absolute atomic E-state index is 0.124. The van der Waals surface area contributed by atoms with E-state index < -0.39 is 0 Å². The molecule has 0 unspecified atom stereocenters. The molecule has 134 valence electrons. The Balaban J connectivity index is 1.70. The molecule has 0 bridgehead atoms. The number of hydrogen-bond acceptors (Lipinski definition) is 2. The molecule has 26 heavy (non-hydrogen) atoms. The van der Waals surface area contributed by atoms with Crippen LogP contribution in [-0.4, -0.2) is 12.5 Å². The molecule has 2 aromatic carbocycles. The van der Waals surface area contributed by atoms with Gasteiger partial charge in [-0.2, -0.15) is 0 Å². The van der Waals surface area contributed by atoms with Gasteiger partial charge in [-0.05, 0) is 24.3 Å². The molecule has 3 aromatic rings. The van der Waals surface area contributed by atoms with Gasteiger partial charge in [0.1, 0.15) is 0 Å². The SMILES string of the molecule is O=C(C[NH2+][C@H](c1ccccc1)c1ccco1)Nc1cc(Cl)c(Cl)cc1Cl. The maximum absolute atomic E-state index is 12.4. The first kappa shape index (κ1) is 18.8. The zero-order valence-corrected chi connectivity index (χ0v) is 15.9. The van der Waals surface area contributed by atoms with Crippen LogP contribution in [0.25, 0.3) is 0 Å². The third-order valence-electron chi connectivity index (χ3n) is 3.83. The molecule has 0 saturated heterocycles. The van der Waals surface area contributed by atoms with Crippen LogP contribution in [0.2, 0.25) is 15.1 Å². The van der Waals surface area contributed by atoms with Crippen LogP contribution in [-0.2, 0) is 4.79 Å². The number of nitrogens with one attached hydrogen (secondary N) is 1. The van der Waals surface area contributed by atoms with Crippen molar-refractivity contribution in [3.05, 3.63) is 87.3 Å². The monoisotopic (exact) mass is 409 g/mol. The molecule has 0 spiro atoms. The second-order valence-electron chi connectivity index (χ2n) is 5.64. The number of carbonyl (C=O) groups is 1. The Labute approximate surface area is 166 Å². The third kappa shape index (κ3) is 4.59. The molecule has 4 nitrogen and oxygen atoms in total. The van der Waals surface area contributed by atoms with Gasteiger partial charge in [0.2, 0.25) is 0 Å². The van der Waals surface area contributed by atoms with Gasteiger partial charge in [-0.1, -0.05) is 65.1 Å². The lowest BCUT2D eigenvalue weighted by atomic mass is 10.0. The lowest BCUT2D eigenvalue weighted by Gasteiger charge is -2.14. The average molecular weight is 411 g/mol. The Bertz CT molecular complexity index is 883. The predicted octanol–water partition coefficient (Wildman–Crippen LogP) is 4.53. The summed E-state index contributed by atoms with van der Waals surface area (Å²) in [5.41, 5.74) is 1.47. The zero-order chi connectivity index (χ0) is 18.5. The van der Waals surface area contributed by atoms with Gasteiger partial charge in [0.05, 0.1) is 27.0 Å². The smallest absolute Gasteiger partial charge is 0.279 e. The number of benzene rings is 2. The van der Waals surface area contributed by atoms with E-state index in [1.165, 1.54) is 12.1 Å². The predicted molar refractivity (Wildman–Crippen MR) is 104 cm³/mol. The van der Waals surface area contributed by atoms with E-state index in [9.17, 15) is 4.79 Å². The number of hydrogen-bond donors (Lipinski definition) is 2. The van der Waals surface area contributed by atoms with E-state index in [2.05, 4.69) is 5.32 Å². The largest absolute Gasteiger partial charge is 0.463 e. The van der Waals surface area contributed by atoms with Crippen molar-refractivity contribution in [1.82, 2.24) is 0 Å². The van der Waals surface area contributed by atoms with Gasteiger partial charge in [0.25, 0.3) is 5.91 Å². The summed E-state index contributed by atoms with van der Waals surface area (Å²) in [5, 5.41) is 5.65. The first-order chi connectivity index (χ1) is 12.5. The Hall–Kier alpha value is -1.98. The van der Waals surface area contributed by atoms with E-state index >= 15 is 0 Å². The van der Waals surface area contributed by atoms with Crippen LogP contribution in [0, 0.1) is 0 Å². The maximum Gasteiger partial charge on any atom is 0.279 e. The number of quaternary nitrogens is 1. The molecule has 1 aromatic heterocycles. The summed E-state index contributed by atoms with van der Waals surface area (Å²) in [6, 6.07) is 16.5. The minimum Gasteiger partial charge on any atom is -0.463 e. The molecule has 1 amide bonds. The first-order valence-electron chi connectivity index (χ1n) is 7.90. The van der Waals surface area contributed by atoms with Crippen LogP contribution in [0.3, 0.4) is 0 Å².